The zero-order valence-electron chi connectivity index (χ0n) is 10.0. The lowest BCUT2D eigenvalue weighted by Crippen LogP contribution is -2.25. The topological polar surface area (TPSA) is 66.0 Å². The van der Waals surface area contributed by atoms with E-state index in [4.69, 9.17) is 13.0 Å². The summed E-state index contributed by atoms with van der Waals surface area (Å²) in [6.07, 6.45) is 2.07. The Morgan fingerprint density at radius 2 is 1.74 bits per heavy atom. The number of halogens is 3. The van der Waals surface area contributed by atoms with Crippen LogP contribution in [-0.4, -0.2) is 23.0 Å². The average Bonchev–Trinajstić information content (AvgIpc) is 2.54. The maximum absolute atomic E-state index is 10.7. The zero-order chi connectivity index (χ0) is 14.8. The number of alkyl halides is 3. The number of imidazole rings is 1. The van der Waals surface area contributed by atoms with Crippen LogP contribution < -0.4 is 4.57 Å². The molecule has 1 aromatic heterocycles. The molecule has 5 nitrogen and oxygen atoms in total. The highest BCUT2D eigenvalue weighted by atomic mass is 32.2. The van der Waals surface area contributed by atoms with Gasteiger partial charge in [0.1, 0.15) is 0 Å². The summed E-state index contributed by atoms with van der Waals surface area (Å²) in [5.41, 5.74) is -3.10. The van der Waals surface area contributed by atoms with Crippen LogP contribution in [0.2, 0.25) is 0 Å². The maximum Gasteiger partial charge on any atom is 0.485 e. The van der Waals surface area contributed by atoms with E-state index < -0.39 is 15.6 Å². The number of para-hydroxylation sites is 2. The molecule has 9 heteroatoms. The first kappa shape index (κ1) is 15.4. The first-order chi connectivity index (χ1) is 8.54. The van der Waals surface area contributed by atoms with Crippen molar-refractivity contribution in [2.75, 3.05) is 0 Å². The summed E-state index contributed by atoms with van der Waals surface area (Å²) in [5.74, 6) is 0. The fourth-order valence-corrected chi connectivity index (χ4v) is 1.44. The predicted molar refractivity (Wildman–Crippen MR) is 59.8 cm³/mol. The van der Waals surface area contributed by atoms with Crippen molar-refractivity contribution in [3.63, 3.8) is 0 Å². The number of aromatic nitrogens is 2. The van der Waals surface area contributed by atoms with Gasteiger partial charge in [0.05, 0.1) is 14.1 Å². The first-order valence-electron chi connectivity index (χ1n) is 4.96. The summed E-state index contributed by atoms with van der Waals surface area (Å²) in [6.45, 7) is 0. The standard InChI is InChI=1S/C9H11N2.CHF3O3S/c1-10-7-11(2)9-6-4-3-5-8(9)10;2-1(3,4)8(5,6)7/h3-7H,1-2H3;(H,5,6,7)/q+1;/p-1. The molecule has 0 aliphatic rings. The first-order valence-corrected chi connectivity index (χ1v) is 6.36. The Morgan fingerprint density at radius 1 is 1.26 bits per heavy atom. The summed E-state index contributed by atoms with van der Waals surface area (Å²) >= 11 is 0. The van der Waals surface area contributed by atoms with Crippen molar-refractivity contribution in [2.45, 2.75) is 5.51 Å². The van der Waals surface area contributed by atoms with Gasteiger partial charge in [-0.2, -0.15) is 13.2 Å². The van der Waals surface area contributed by atoms with E-state index in [0.29, 0.717) is 0 Å². The Balaban J connectivity index is 0.000000203. The van der Waals surface area contributed by atoms with E-state index in [1.54, 1.807) is 0 Å². The monoisotopic (exact) mass is 296 g/mol. The smallest absolute Gasteiger partial charge is 0.485 e. The summed E-state index contributed by atoms with van der Waals surface area (Å²) in [5, 5.41) is 0. The molecule has 0 bridgehead atoms. The molecule has 2 rings (SSSR count). The van der Waals surface area contributed by atoms with E-state index in [1.807, 2.05) is 0 Å². The molecular weight excluding hydrogens is 285 g/mol. The molecule has 0 amide bonds. The third-order valence-electron chi connectivity index (χ3n) is 2.27. The van der Waals surface area contributed by atoms with Gasteiger partial charge in [-0.05, 0) is 12.1 Å². The lowest BCUT2D eigenvalue weighted by atomic mass is 10.3. The SMILES string of the molecule is Cn1c[n+](C)c2ccccc21.O=S(=O)([O-])C(F)(F)F. The average molecular weight is 296 g/mol. The highest BCUT2D eigenvalue weighted by Gasteiger charge is 2.36. The molecule has 0 fully saturated rings. The van der Waals surface area contributed by atoms with Gasteiger partial charge in [0, 0.05) is 0 Å². The molecule has 0 saturated carbocycles. The molecule has 19 heavy (non-hydrogen) atoms. The summed E-state index contributed by atoms with van der Waals surface area (Å²) in [6, 6.07) is 8.36. The van der Waals surface area contributed by atoms with E-state index in [1.165, 1.54) is 11.0 Å². The van der Waals surface area contributed by atoms with E-state index in [-0.39, 0.29) is 0 Å². The molecule has 0 spiro atoms. The van der Waals surface area contributed by atoms with Crippen LogP contribution in [0.3, 0.4) is 0 Å². The number of hydrogen-bond acceptors (Lipinski definition) is 3. The van der Waals surface area contributed by atoms with Crippen molar-refractivity contribution in [1.29, 1.82) is 0 Å². The normalized spacial score (nSPS) is 12.1. The van der Waals surface area contributed by atoms with Crippen molar-refractivity contribution in [2.24, 2.45) is 14.1 Å². The fraction of sp³-hybridized carbons (Fsp3) is 0.300. The predicted octanol–water partition coefficient (Wildman–Crippen LogP) is 1.05. The van der Waals surface area contributed by atoms with Crippen LogP contribution >= 0.6 is 0 Å². The lowest BCUT2D eigenvalue weighted by molar-refractivity contribution is -0.645. The van der Waals surface area contributed by atoms with Crippen molar-refractivity contribution in [1.82, 2.24) is 4.57 Å². The number of fused-ring (bicyclic) bond motifs is 1. The Kier molecular flexibility index (Phi) is 4.21. The van der Waals surface area contributed by atoms with Gasteiger partial charge in [0.15, 0.2) is 21.2 Å². The van der Waals surface area contributed by atoms with Crippen LogP contribution in [-0.2, 0) is 24.2 Å². The van der Waals surface area contributed by atoms with Gasteiger partial charge in [-0.15, -0.1) is 0 Å². The molecular formula is C10H11F3N2O3S. The molecule has 1 heterocycles. The van der Waals surface area contributed by atoms with Crippen LogP contribution in [0, 0.1) is 0 Å². The number of benzene rings is 1. The third-order valence-corrected chi connectivity index (χ3v) is 2.84. The van der Waals surface area contributed by atoms with Crippen LogP contribution in [0.15, 0.2) is 30.6 Å². The van der Waals surface area contributed by atoms with Gasteiger partial charge in [-0.25, -0.2) is 17.6 Å². The molecule has 0 atom stereocenters. The second-order valence-electron chi connectivity index (χ2n) is 3.73. The number of nitrogens with zero attached hydrogens (tertiary/aromatic N) is 2. The molecule has 1 aromatic carbocycles. The Hall–Kier alpha value is -1.61. The second-order valence-corrected chi connectivity index (χ2v) is 5.10. The number of hydrogen-bond donors (Lipinski definition) is 0. The summed E-state index contributed by atoms with van der Waals surface area (Å²) in [7, 11) is -1.97. The van der Waals surface area contributed by atoms with Crippen molar-refractivity contribution < 1.29 is 30.7 Å². The Morgan fingerprint density at radius 3 is 2.16 bits per heavy atom. The number of aryl methyl sites for hydroxylation is 2. The molecule has 0 radical (unpaired) electrons. The van der Waals surface area contributed by atoms with E-state index in [0.717, 1.165) is 0 Å². The van der Waals surface area contributed by atoms with Gasteiger partial charge < -0.3 is 4.55 Å². The van der Waals surface area contributed by atoms with Gasteiger partial charge in [0.2, 0.25) is 6.33 Å². The minimum atomic E-state index is -6.09. The molecule has 0 unspecified atom stereocenters. The largest absolute Gasteiger partial charge is 0.741 e. The van der Waals surface area contributed by atoms with Crippen molar-refractivity contribution in [3.05, 3.63) is 30.6 Å². The molecule has 0 N–H and O–H groups in total. The molecule has 0 aliphatic carbocycles. The van der Waals surface area contributed by atoms with Crippen molar-refractivity contribution in [3.8, 4) is 0 Å². The van der Waals surface area contributed by atoms with Gasteiger partial charge in [-0.3, -0.25) is 0 Å². The molecule has 106 valence electrons. The lowest BCUT2D eigenvalue weighted by Gasteiger charge is -2.08. The van der Waals surface area contributed by atoms with Gasteiger partial charge in [0.25, 0.3) is 0 Å². The third kappa shape index (κ3) is 3.67. The van der Waals surface area contributed by atoms with E-state index in [2.05, 4.69) is 53.8 Å². The highest BCUT2D eigenvalue weighted by molar-refractivity contribution is 7.86. The van der Waals surface area contributed by atoms with Crippen LogP contribution in [0.25, 0.3) is 11.0 Å². The summed E-state index contributed by atoms with van der Waals surface area (Å²) < 4.78 is 63.1. The summed E-state index contributed by atoms with van der Waals surface area (Å²) in [4.78, 5) is 0. The number of rotatable bonds is 0. The Labute approximate surface area is 107 Å². The molecule has 0 saturated heterocycles. The van der Waals surface area contributed by atoms with Crippen molar-refractivity contribution >= 4 is 21.2 Å². The maximum atomic E-state index is 10.7. The van der Waals surface area contributed by atoms with Crippen LogP contribution in [0.1, 0.15) is 0 Å². The molecule has 2 aromatic rings. The van der Waals surface area contributed by atoms with Crippen LogP contribution in [0.4, 0.5) is 13.2 Å². The second kappa shape index (κ2) is 5.17. The van der Waals surface area contributed by atoms with E-state index >= 15 is 0 Å². The minimum absolute atomic E-state index is 1.27. The Bertz CT molecular complexity index is 641. The zero-order valence-corrected chi connectivity index (χ0v) is 10.9. The van der Waals surface area contributed by atoms with E-state index in [9.17, 15) is 13.2 Å². The van der Waals surface area contributed by atoms with Gasteiger partial charge in [-0.1, -0.05) is 12.1 Å². The quantitative estimate of drug-likeness (QED) is 0.415. The minimum Gasteiger partial charge on any atom is -0.741 e. The highest BCUT2D eigenvalue weighted by Crippen LogP contribution is 2.20. The fourth-order valence-electron chi connectivity index (χ4n) is 1.44. The van der Waals surface area contributed by atoms with Gasteiger partial charge >= 0.3 is 5.51 Å². The molecule has 0 aliphatic heterocycles. The van der Waals surface area contributed by atoms with Crippen LogP contribution in [0.5, 0.6) is 0 Å².